The molecule has 2 fully saturated rings. The van der Waals surface area contributed by atoms with Crippen molar-refractivity contribution in [2.24, 2.45) is 0 Å². The molecular formula is C15H23N3OS. The zero-order valence-corrected chi connectivity index (χ0v) is 12.7. The van der Waals surface area contributed by atoms with E-state index in [1.807, 2.05) is 0 Å². The molecule has 2 aliphatic rings. The summed E-state index contributed by atoms with van der Waals surface area (Å²) in [5.74, 6) is 0.330. The van der Waals surface area contributed by atoms with Crippen molar-refractivity contribution < 1.29 is 4.79 Å². The van der Waals surface area contributed by atoms with E-state index in [1.54, 1.807) is 11.3 Å². The molecule has 2 saturated heterocycles. The van der Waals surface area contributed by atoms with Gasteiger partial charge in [0.25, 0.3) is 0 Å². The van der Waals surface area contributed by atoms with Crippen LogP contribution in [-0.2, 0) is 11.2 Å². The Morgan fingerprint density at radius 1 is 1.35 bits per heavy atom. The summed E-state index contributed by atoms with van der Waals surface area (Å²) in [6.07, 6.45) is 2.70. The predicted molar refractivity (Wildman–Crippen MR) is 82.1 cm³/mol. The molecule has 20 heavy (non-hydrogen) atoms. The standard InChI is InChI=1S/C15H23N3OS/c19-15(4-3-14-2-1-11-20-14)18-8-5-13(12-18)17-9-6-16-7-10-17/h1-2,11,13,16H,3-10,12H2. The topological polar surface area (TPSA) is 35.6 Å². The lowest BCUT2D eigenvalue weighted by Gasteiger charge is -2.32. The van der Waals surface area contributed by atoms with Crippen LogP contribution in [0, 0.1) is 0 Å². The molecule has 0 aromatic carbocycles. The van der Waals surface area contributed by atoms with Gasteiger partial charge in [0.2, 0.25) is 5.91 Å². The fourth-order valence-electron chi connectivity index (χ4n) is 3.16. The van der Waals surface area contributed by atoms with Crippen molar-refractivity contribution in [1.29, 1.82) is 0 Å². The van der Waals surface area contributed by atoms with E-state index in [-0.39, 0.29) is 0 Å². The van der Waals surface area contributed by atoms with Crippen molar-refractivity contribution in [1.82, 2.24) is 15.1 Å². The minimum absolute atomic E-state index is 0.330. The highest BCUT2D eigenvalue weighted by Gasteiger charge is 2.30. The van der Waals surface area contributed by atoms with Gasteiger partial charge in [-0.1, -0.05) is 6.07 Å². The molecule has 1 N–H and O–H groups in total. The first kappa shape index (κ1) is 14.0. The maximum Gasteiger partial charge on any atom is 0.222 e. The van der Waals surface area contributed by atoms with Gasteiger partial charge in [-0.05, 0) is 24.3 Å². The monoisotopic (exact) mass is 293 g/mol. The molecule has 0 bridgehead atoms. The fourth-order valence-corrected chi connectivity index (χ4v) is 3.87. The van der Waals surface area contributed by atoms with Crippen molar-refractivity contribution in [2.75, 3.05) is 39.3 Å². The summed E-state index contributed by atoms with van der Waals surface area (Å²) in [4.78, 5) is 18.2. The molecule has 4 nitrogen and oxygen atoms in total. The molecule has 0 radical (unpaired) electrons. The largest absolute Gasteiger partial charge is 0.341 e. The van der Waals surface area contributed by atoms with Crippen molar-refractivity contribution in [2.45, 2.75) is 25.3 Å². The van der Waals surface area contributed by atoms with E-state index in [0.717, 1.165) is 52.1 Å². The van der Waals surface area contributed by atoms with Crippen LogP contribution < -0.4 is 5.32 Å². The van der Waals surface area contributed by atoms with Gasteiger partial charge in [0.1, 0.15) is 0 Å². The Morgan fingerprint density at radius 2 is 2.20 bits per heavy atom. The molecule has 1 aromatic heterocycles. The number of amides is 1. The number of hydrogen-bond donors (Lipinski definition) is 1. The van der Waals surface area contributed by atoms with Crippen molar-refractivity contribution in [3.8, 4) is 0 Å². The smallest absolute Gasteiger partial charge is 0.222 e. The van der Waals surface area contributed by atoms with Crippen LogP contribution in [0.15, 0.2) is 17.5 Å². The summed E-state index contributed by atoms with van der Waals surface area (Å²) in [6.45, 7) is 6.30. The number of rotatable bonds is 4. The molecule has 110 valence electrons. The number of nitrogens with one attached hydrogen (secondary N) is 1. The molecule has 3 rings (SSSR count). The summed E-state index contributed by atoms with van der Waals surface area (Å²) in [7, 11) is 0. The predicted octanol–water partition coefficient (Wildman–Crippen LogP) is 1.19. The number of hydrogen-bond acceptors (Lipinski definition) is 4. The van der Waals surface area contributed by atoms with Gasteiger partial charge >= 0.3 is 0 Å². The molecule has 0 spiro atoms. The van der Waals surface area contributed by atoms with Crippen LogP contribution in [0.4, 0.5) is 0 Å². The third kappa shape index (κ3) is 3.40. The molecular weight excluding hydrogens is 270 g/mol. The second-order valence-corrected chi connectivity index (χ2v) is 6.68. The zero-order valence-electron chi connectivity index (χ0n) is 11.9. The zero-order chi connectivity index (χ0) is 13.8. The number of carbonyl (C=O) groups is 1. The summed E-state index contributed by atoms with van der Waals surface area (Å²) >= 11 is 1.74. The first-order valence-electron chi connectivity index (χ1n) is 7.58. The normalized spacial score (nSPS) is 24.2. The lowest BCUT2D eigenvalue weighted by molar-refractivity contribution is -0.130. The Balaban J connectivity index is 1.45. The minimum Gasteiger partial charge on any atom is -0.341 e. The number of carbonyl (C=O) groups excluding carboxylic acids is 1. The van der Waals surface area contributed by atoms with Crippen LogP contribution in [0.5, 0.6) is 0 Å². The molecule has 0 aliphatic carbocycles. The van der Waals surface area contributed by atoms with E-state index < -0.39 is 0 Å². The van der Waals surface area contributed by atoms with Crippen molar-refractivity contribution in [3.05, 3.63) is 22.4 Å². The van der Waals surface area contributed by atoms with E-state index in [2.05, 4.69) is 32.6 Å². The van der Waals surface area contributed by atoms with Gasteiger partial charge in [-0.2, -0.15) is 0 Å². The van der Waals surface area contributed by atoms with Gasteiger partial charge in [0.05, 0.1) is 0 Å². The number of likely N-dealkylation sites (tertiary alicyclic amines) is 1. The Kier molecular flexibility index (Phi) is 4.70. The average Bonchev–Trinajstić information content (AvgIpc) is 3.17. The third-order valence-corrected chi connectivity index (χ3v) is 5.29. The van der Waals surface area contributed by atoms with Crippen LogP contribution in [0.3, 0.4) is 0 Å². The second-order valence-electron chi connectivity index (χ2n) is 5.65. The quantitative estimate of drug-likeness (QED) is 0.906. The van der Waals surface area contributed by atoms with Crippen LogP contribution >= 0.6 is 11.3 Å². The molecule has 1 unspecified atom stereocenters. The molecule has 0 saturated carbocycles. The number of piperazine rings is 1. The summed E-state index contributed by atoms with van der Waals surface area (Å²) in [5, 5.41) is 5.47. The van der Waals surface area contributed by atoms with Crippen LogP contribution in [0.2, 0.25) is 0 Å². The highest BCUT2D eigenvalue weighted by molar-refractivity contribution is 7.09. The summed E-state index contributed by atoms with van der Waals surface area (Å²) < 4.78 is 0. The van der Waals surface area contributed by atoms with Gasteiger partial charge < -0.3 is 10.2 Å². The Hall–Kier alpha value is -0.910. The van der Waals surface area contributed by atoms with Crippen LogP contribution in [0.1, 0.15) is 17.7 Å². The van der Waals surface area contributed by atoms with Crippen LogP contribution in [0.25, 0.3) is 0 Å². The molecule has 1 atom stereocenters. The van der Waals surface area contributed by atoms with Crippen molar-refractivity contribution in [3.63, 3.8) is 0 Å². The van der Waals surface area contributed by atoms with E-state index in [0.29, 0.717) is 18.4 Å². The molecule has 3 heterocycles. The number of nitrogens with zero attached hydrogens (tertiary/aromatic N) is 2. The summed E-state index contributed by atoms with van der Waals surface area (Å²) in [5.41, 5.74) is 0. The third-order valence-electron chi connectivity index (χ3n) is 4.35. The maximum absolute atomic E-state index is 12.3. The molecule has 5 heteroatoms. The Bertz CT molecular complexity index is 428. The van der Waals surface area contributed by atoms with Gasteiger partial charge in [-0.3, -0.25) is 9.69 Å². The maximum atomic E-state index is 12.3. The van der Waals surface area contributed by atoms with E-state index in [4.69, 9.17) is 0 Å². The SMILES string of the molecule is O=C(CCc1cccs1)N1CCC(N2CCNCC2)C1. The minimum atomic E-state index is 0.330. The van der Waals surface area contributed by atoms with Gasteiger partial charge in [0, 0.05) is 56.6 Å². The van der Waals surface area contributed by atoms with E-state index in [9.17, 15) is 4.79 Å². The highest BCUT2D eigenvalue weighted by atomic mass is 32.1. The number of aryl methyl sites for hydroxylation is 1. The highest BCUT2D eigenvalue weighted by Crippen LogP contribution is 2.18. The second kappa shape index (κ2) is 6.70. The van der Waals surface area contributed by atoms with Crippen LogP contribution in [-0.4, -0.2) is 61.0 Å². The molecule has 1 aromatic rings. The van der Waals surface area contributed by atoms with Crippen molar-refractivity contribution >= 4 is 17.2 Å². The first-order valence-corrected chi connectivity index (χ1v) is 8.46. The summed E-state index contributed by atoms with van der Waals surface area (Å²) in [6, 6.07) is 4.76. The van der Waals surface area contributed by atoms with E-state index >= 15 is 0 Å². The first-order chi connectivity index (χ1) is 9.83. The molecule has 1 amide bonds. The number of thiophene rings is 1. The molecule has 2 aliphatic heterocycles. The Morgan fingerprint density at radius 3 is 2.95 bits per heavy atom. The van der Waals surface area contributed by atoms with Gasteiger partial charge in [0.15, 0.2) is 0 Å². The lowest BCUT2D eigenvalue weighted by atomic mass is 10.2. The van der Waals surface area contributed by atoms with Gasteiger partial charge in [-0.25, -0.2) is 0 Å². The Labute approximate surface area is 124 Å². The lowest BCUT2D eigenvalue weighted by Crippen LogP contribution is -2.49. The van der Waals surface area contributed by atoms with Gasteiger partial charge in [-0.15, -0.1) is 11.3 Å². The average molecular weight is 293 g/mol. The fraction of sp³-hybridized carbons (Fsp3) is 0.667. The van der Waals surface area contributed by atoms with E-state index in [1.165, 1.54) is 4.88 Å².